The lowest BCUT2D eigenvalue weighted by Crippen LogP contribution is -2.45. The Bertz CT molecular complexity index is 1120. The second-order valence-electron chi connectivity index (χ2n) is 21.8. The van der Waals surface area contributed by atoms with Crippen LogP contribution in [0.2, 0.25) is 0 Å². The van der Waals surface area contributed by atoms with Gasteiger partial charge in [0.05, 0.1) is 0 Å². The van der Waals surface area contributed by atoms with Crippen molar-refractivity contribution in [1.29, 1.82) is 0 Å². The molecule has 0 aromatic carbocycles. The summed E-state index contributed by atoms with van der Waals surface area (Å²) < 4.78 is 0. The summed E-state index contributed by atoms with van der Waals surface area (Å²) in [6.45, 7) is 8.89. The molecule has 404 valence electrons. The molecule has 1 fully saturated rings. The van der Waals surface area contributed by atoms with E-state index < -0.39 is 0 Å². The first kappa shape index (κ1) is 64.9. The van der Waals surface area contributed by atoms with Gasteiger partial charge in [0.2, 0.25) is 17.7 Å². The van der Waals surface area contributed by atoms with Crippen molar-refractivity contribution < 1.29 is 14.4 Å². The number of unbranched alkanes of at least 4 members (excludes halogenated alkanes) is 39. The van der Waals surface area contributed by atoms with Crippen LogP contribution in [0.4, 0.5) is 0 Å². The Kier molecular flexibility index (Phi) is 49.1. The molecule has 3 amide bonds. The second kappa shape index (κ2) is 52.2. The summed E-state index contributed by atoms with van der Waals surface area (Å²) in [5.41, 5.74) is 0. The number of allylic oxidation sites excluding steroid dienone is 4. The molecule has 0 spiro atoms. The molecule has 0 radical (unpaired) electrons. The molecule has 0 aromatic heterocycles. The molecule has 6 nitrogen and oxygen atoms in total. The Morgan fingerprint density at radius 3 is 0.652 bits per heavy atom. The van der Waals surface area contributed by atoms with Crippen LogP contribution in [0.15, 0.2) is 24.3 Å². The van der Waals surface area contributed by atoms with Gasteiger partial charge in [-0.3, -0.25) is 14.4 Å². The van der Waals surface area contributed by atoms with Crippen molar-refractivity contribution in [2.75, 3.05) is 19.6 Å². The third-order valence-electron chi connectivity index (χ3n) is 15.1. The third-order valence-corrected chi connectivity index (χ3v) is 15.1. The van der Waals surface area contributed by atoms with E-state index in [-0.39, 0.29) is 35.5 Å². The van der Waals surface area contributed by atoms with Crippen LogP contribution in [-0.4, -0.2) is 37.4 Å². The topological polar surface area (TPSA) is 87.3 Å². The maximum absolute atomic E-state index is 13.6. The summed E-state index contributed by atoms with van der Waals surface area (Å²) >= 11 is 0. The van der Waals surface area contributed by atoms with Gasteiger partial charge in [0.15, 0.2) is 0 Å². The van der Waals surface area contributed by atoms with Gasteiger partial charge >= 0.3 is 0 Å². The number of amides is 3. The average molecular weight is 967 g/mol. The smallest absolute Gasteiger partial charge is 0.223 e. The maximum Gasteiger partial charge on any atom is 0.223 e. The van der Waals surface area contributed by atoms with Gasteiger partial charge in [-0.15, -0.1) is 0 Å². The molecule has 1 saturated carbocycles. The number of hydrogen-bond acceptors (Lipinski definition) is 3. The molecular formula is C63H119N3O3. The fraction of sp³-hybridized carbons (Fsp3) is 0.889. The predicted octanol–water partition coefficient (Wildman–Crippen LogP) is 18.7. The average Bonchev–Trinajstić information content (AvgIpc) is 3.36. The van der Waals surface area contributed by atoms with Crippen LogP contribution in [-0.2, 0) is 14.4 Å². The Morgan fingerprint density at radius 1 is 0.275 bits per heavy atom. The first-order valence-corrected chi connectivity index (χ1v) is 31.2. The third kappa shape index (κ3) is 43.2. The minimum Gasteiger partial charge on any atom is -0.356 e. The van der Waals surface area contributed by atoms with E-state index in [0.29, 0.717) is 38.9 Å². The Hall–Kier alpha value is -2.11. The molecule has 0 aromatic rings. The van der Waals surface area contributed by atoms with Gasteiger partial charge in [-0.25, -0.2) is 0 Å². The van der Waals surface area contributed by atoms with Gasteiger partial charge in [0.25, 0.3) is 0 Å². The predicted molar refractivity (Wildman–Crippen MR) is 302 cm³/mol. The Balaban J connectivity index is 2.38. The Labute approximate surface area is 430 Å². The normalized spacial score (nSPS) is 16.2. The number of carbonyl (C=O) groups excluding carboxylic acids is 3. The van der Waals surface area contributed by atoms with Crippen LogP contribution in [0.25, 0.3) is 0 Å². The van der Waals surface area contributed by atoms with Crippen LogP contribution in [0.1, 0.15) is 323 Å². The standard InChI is InChI=1S/C63H119N3O3/c1-4-7-10-13-16-19-22-25-28-31-34-37-40-43-46-49-52-64-61(67)58-55-59(62(68)65-53-50-47-44-41-38-35-32-29-26-23-20-17-14-11-8-5-2)57-60(56-58)63(69)66-54-51-48-45-42-39-36-33-30-27-24-21-18-15-12-9-6-3/h25-26,28-29,58-60H,4-24,27,30-57H2,1-3H3,(H,64,67)(H,65,68)(H,66,69)/b28-25-,29-26-/t58-,59+,60?. The van der Waals surface area contributed by atoms with Crippen LogP contribution < -0.4 is 16.0 Å². The van der Waals surface area contributed by atoms with E-state index in [9.17, 15) is 14.4 Å². The first-order chi connectivity index (χ1) is 34.0. The van der Waals surface area contributed by atoms with Gasteiger partial charge in [0.1, 0.15) is 0 Å². The zero-order valence-electron chi connectivity index (χ0n) is 46.6. The quantitative estimate of drug-likeness (QED) is 0.0419. The summed E-state index contributed by atoms with van der Waals surface area (Å²) in [6, 6.07) is 0. The molecule has 69 heavy (non-hydrogen) atoms. The van der Waals surface area contributed by atoms with Crippen molar-refractivity contribution in [3.05, 3.63) is 24.3 Å². The zero-order valence-corrected chi connectivity index (χ0v) is 46.6. The van der Waals surface area contributed by atoms with E-state index in [1.165, 1.54) is 244 Å². The van der Waals surface area contributed by atoms with Crippen molar-refractivity contribution in [3.8, 4) is 0 Å². The fourth-order valence-electron chi connectivity index (χ4n) is 10.4. The van der Waals surface area contributed by atoms with Gasteiger partial charge in [-0.1, -0.05) is 257 Å². The molecular weight excluding hydrogens is 847 g/mol. The summed E-state index contributed by atoms with van der Waals surface area (Å²) in [4.78, 5) is 40.7. The van der Waals surface area contributed by atoms with Gasteiger partial charge in [-0.05, 0) is 89.9 Å². The highest BCUT2D eigenvalue weighted by Crippen LogP contribution is 2.34. The molecule has 0 saturated heterocycles. The molecule has 1 aliphatic rings. The molecule has 1 aliphatic carbocycles. The Morgan fingerprint density at radius 2 is 0.449 bits per heavy atom. The van der Waals surface area contributed by atoms with E-state index in [1.807, 2.05) is 0 Å². The molecule has 1 rings (SSSR count). The largest absolute Gasteiger partial charge is 0.356 e. The molecule has 6 heteroatoms. The second-order valence-corrected chi connectivity index (χ2v) is 21.8. The maximum atomic E-state index is 13.6. The summed E-state index contributed by atoms with van der Waals surface area (Å²) in [7, 11) is 0. The number of hydrogen-bond donors (Lipinski definition) is 3. The monoisotopic (exact) mass is 966 g/mol. The van der Waals surface area contributed by atoms with Crippen molar-refractivity contribution in [3.63, 3.8) is 0 Å². The molecule has 0 aliphatic heterocycles. The lowest BCUT2D eigenvalue weighted by atomic mass is 9.74. The van der Waals surface area contributed by atoms with Gasteiger partial charge < -0.3 is 16.0 Å². The molecule has 0 bridgehead atoms. The van der Waals surface area contributed by atoms with Crippen LogP contribution in [0, 0.1) is 17.8 Å². The van der Waals surface area contributed by atoms with Gasteiger partial charge in [0, 0.05) is 37.4 Å². The highest BCUT2D eigenvalue weighted by molar-refractivity contribution is 5.86. The number of carbonyl (C=O) groups is 3. The van der Waals surface area contributed by atoms with E-state index >= 15 is 0 Å². The summed E-state index contributed by atoms with van der Waals surface area (Å²) in [5, 5.41) is 9.64. The van der Waals surface area contributed by atoms with Crippen molar-refractivity contribution >= 4 is 17.7 Å². The number of rotatable bonds is 52. The zero-order chi connectivity index (χ0) is 49.8. The van der Waals surface area contributed by atoms with E-state index in [1.54, 1.807) is 0 Å². The lowest BCUT2D eigenvalue weighted by molar-refractivity contribution is -0.134. The van der Waals surface area contributed by atoms with Crippen molar-refractivity contribution in [2.45, 2.75) is 323 Å². The van der Waals surface area contributed by atoms with Crippen LogP contribution in [0.5, 0.6) is 0 Å². The van der Waals surface area contributed by atoms with Gasteiger partial charge in [-0.2, -0.15) is 0 Å². The minimum atomic E-state index is -0.291. The fourth-order valence-corrected chi connectivity index (χ4v) is 10.4. The van der Waals surface area contributed by atoms with E-state index in [4.69, 9.17) is 0 Å². The summed E-state index contributed by atoms with van der Waals surface area (Å²) in [5.74, 6) is -0.774. The van der Waals surface area contributed by atoms with E-state index in [2.05, 4.69) is 61.0 Å². The number of nitrogens with one attached hydrogen (secondary N) is 3. The minimum absolute atomic E-state index is 0.0316. The van der Waals surface area contributed by atoms with E-state index in [0.717, 1.165) is 38.5 Å². The molecule has 1 unspecified atom stereocenters. The SMILES string of the molecule is CCCCCCCC/C=C\CCCCCCCCNC(=O)[C@@H]1CC(C(=O)NCCCCCCCCCCCCCCCCCC)C[C@H](C(=O)NCCCCCCCC/C=C\CCCCCCCC)C1. The molecule has 0 heterocycles. The van der Waals surface area contributed by atoms with Crippen LogP contribution >= 0.6 is 0 Å². The highest BCUT2D eigenvalue weighted by atomic mass is 16.2. The van der Waals surface area contributed by atoms with Crippen LogP contribution in [0.3, 0.4) is 0 Å². The summed E-state index contributed by atoms with van der Waals surface area (Å²) in [6.07, 6.45) is 68.1. The van der Waals surface area contributed by atoms with Crippen molar-refractivity contribution in [2.24, 2.45) is 17.8 Å². The molecule has 3 atom stereocenters. The lowest BCUT2D eigenvalue weighted by Gasteiger charge is -2.33. The van der Waals surface area contributed by atoms with Crippen molar-refractivity contribution in [1.82, 2.24) is 16.0 Å². The first-order valence-electron chi connectivity index (χ1n) is 31.2. The highest BCUT2D eigenvalue weighted by Gasteiger charge is 2.38. The molecule has 3 N–H and O–H groups in total.